The molecule has 1 aromatic carbocycles. The smallest absolute Gasteiger partial charge is 0.293 e. The highest BCUT2D eigenvalue weighted by molar-refractivity contribution is 6.32. The second-order valence-electron chi connectivity index (χ2n) is 2.87. The number of alkyl halides is 4. The Balaban J connectivity index is 3.39. The van der Waals surface area contributed by atoms with E-state index in [2.05, 4.69) is 0 Å². The molecule has 1 nitrogen and oxygen atoms in total. The molecule has 0 saturated carbocycles. The second-order valence-corrected chi connectivity index (χ2v) is 3.52. The number of rotatable bonds is 2. The number of carbonyl (C=O) groups is 1. The SMILES string of the molecule is O=C(CCl)c1cc(F)c(Cl)c(C(F)(F)F)c1. The predicted molar refractivity (Wildman–Crippen MR) is 51.5 cm³/mol. The van der Waals surface area contributed by atoms with Crippen LogP contribution < -0.4 is 0 Å². The summed E-state index contributed by atoms with van der Waals surface area (Å²) in [5, 5.41) is -1.06. The van der Waals surface area contributed by atoms with Gasteiger partial charge >= 0.3 is 6.18 Å². The first-order valence-corrected chi connectivity index (χ1v) is 4.84. The predicted octanol–water partition coefficient (Wildman–Crippen LogP) is 3.92. The average molecular weight is 275 g/mol. The van der Waals surface area contributed by atoms with Crippen LogP contribution in [0.4, 0.5) is 17.6 Å². The van der Waals surface area contributed by atoms with Crippen LogP contribution in [-0.2, 0) is 6.18 Å². The molecule has 0 aliphatic heterocycles. The molecule has 0 aliphatic carbocycles. The molecule has 1 rings (SSSR count). The number of Topliss-reactive ketones (excluding diaryl/α,β-unsaturated/α-hetero) is 1. The number of hydrogen-bond donors (Lipinski definition) is 0. The zero-order valence-electron chi connectivity index (χ0n) is 7.54. The summed E-state index contributed by atoms with van der Waals surface area (Å²) in [6.45, 7) is 0. The van der Waals surface area contributed by atoms with Crippen molar-refractivity contribution in [2.75, 3.05) is 5.88 Å². The molecule has 0 fully saturated rings. The van der Waals surface area contributed by atoms with Crippen LogP contribution in [0.1, 0.15) is 15.9 Å². The van der Waals surface area contributed by atoms with E-state index in [1.54, 1.807) is 0 Å². The summed E-state index contributed by atoms with van der Waals surface area (Å²) in [6, 6.07) is 1.11. The molecule has 0 bridgehead atoms. The van der Waals surface area contributed by atoms with Crippen LogP contribution in [0.3, 0.4) is 0 Å². The van der Waals surface area contributed by atoms with Crippen molar-refractivity contribution in [1.29, 1.82) is 0 Å². The van der Waals surface area contributed by atoms with Crippen LogP contribution in [0.25, 0.3) is 0 Å². The summed E-state index contributed by atoms with van der Waals surface area (Å²) in [5.74, 6) is -2.63. The van der Waals surface area contributed by atoms with Crippen LogP contribution in [0, 0.1) is 5.82 Å². The fourth-order valence-electron chi connectivity index (χ4n) is 1.03. The molecule has 1 aromatic rings. The number of ketones is 1. The van der Waals surface area contributed by atoms with Crippen LogP contribution in [0.15, 0.2) is 12.1 Å². The van der Waals surface area contributed by atoms with E-state index in [4.69, 9.17) is 23.2 Å². The standard InChI is InChI=1S/C9H4Cl2F4O/c10-3-7(16)4-1-5(9(13,14)15)8(11)6(12)2-4/h1-2H,3H2. The van der Waals surface area contributed by atoms with Crippen molar-refractivity contribution >= 4 is 29.0 Å². The van der Waals surface area contributed by atoms with E-state index < -0.39 is 39.8 Å². The molecule has 0 unspecified atom stereocenters. The minimum absolute atomic E-state index is 0.454. The van der Waals surface area contributed by atoms with Crippen molar-refractivity contribution in [1.82, 2.24) is 0 Å². The largest absolute Gasteiger partial charge is 0.417 e. The highest BCUT2D eigenvalue weighted by atomic mass is 35.5. The van der Waals surface area contributed by atoms with Gasteiger partial charge in [-0.1, -0.05) is 11.6 Å². The van der Waals surface area contributed by atoms with Gasteiger partial charge in [0.25, 0.3) is 0 Å². The third-order valence-corrected chi connectivity index (χ3v) is 2.40. The summed E-state index contributed by atoms with van der Waals surface area (Å²) < 4.78 is 50.2. The van der Waals surface area contributed by atoms with Gasteiger partial charge in [-0.15, -0.1) is 11.6 Å². The lowest BCUT2D eigenvalue weighted by atomic mass is 10.1. The molecule has 0 saturated heterocycles. The third kappa shape index (κ3) is 2.65. The first-order chi connectivity index (χ1) is 7.27. The van der Waals surface area contributed by atoms with Crippen molar-refractivity contribution < 1.29 is 22.4 Å². The van der Waals surface area contributed by atoms with Gasteiger partial charge in [-0.25, -0.2) is 4.39 Å². The van der Waals surface area contributed by atoms with Gasteiger partial charge in [0, 0.05) is 5.56 Å². The highest BCUT2D eigenvalue weighted by Gasteiger charge is 2.35. The number of carbonyl (C=O) groups excluding carboxylic acids is 1. The van der Waals surface area contributed by atoms with Gasteiger partial charge < -0.3 is 0 Å². The van der Waals surface area contributed by atoms with Gasteiger partial charge in [-0.05, 0) is 12.1 Å². The minimum atomic E-state index is -4.82. The zero-order chi connectivity index (χ0) is 12.5. The molecular formula is C9H4Cl2F4O. The Hall–Kier alpha value is -0.810. The Morgan fingerprint density at radius 3 is 2.31 bits per heavy atom. The fraction of sp³-hybridized carbons (Fsp3) is 0.222. The van der Waals surface area contributed by atoms with E-state index in [9.17, 15) is 22.4 Å². The molecule has 0 radical (unpaired) electrons. The van der Waals surface area contributed by atoms with Crippen LogP contribution in [0.5, 0.6) is 0 Å². The molecule has 7 heteroatoms. The molecule has 0 aliphatic rings. The maximum atomic E-state index is 13.0. The highest BCUT2D eigenvalue weighted by Crippen LogP contribution is 2.36. The molecule has 0 N–H and O–H groups in total. The van der Waals surface area contributed by atoms with Gasteiger partial charge in [0.2, 0.25) is 0 Å². The van der Waals surface area contributed by atoms with Crippen LogP contribution >= 0.6 is 23.2 Å². The maximum absolute atomic E-state index is 13.0. The fourth-order valence-corrected chi connectivity index (χ4v) is 1.40. The average Bonchev–Trinajstić information content (AvgIpc) is 2.18. The first kappa shape index (κ1) is 13.3. The number of benzene rings is 1. The Labute approximate surface area is 98.0 Å². The normalized spacial score (nSPS) is 11.6. The maximum Gasteiger partial charge on any atom is 0.417 e. The lowest BCUT2D eigenvalue weighted by Crippen LogP contribution is -2.10. The molecule has 0 spiro atoms. The first-order valence-electron chi connectivity index (χ1n) is 3.92. The van der Waals surface area contributed by atoms with E-state index in [0.717, 1.165) is 0 Å². The van der Waals surface area contributed by atoms with E-state index in [1.807, 2.05) is 0 Å². The molecule has 88 valence electrons. The summed E-state index contributed by atoms with van der Waals surface area (Å²) in [7, 11) is 0. The van der Waals surface area contributed by atoms with Gasteiger partial charge in [-0.2, -0.15) is 13.2 Å². The van der Waals surface area contributed by atoms with Crippen molar-refractivity contribution in [3.8, 4) is 0 Å². The Morgan fingerprint density at radius 2 is 1.88 bits per heavy atom. The van der Waals surface area contributed by atoms with E-state index in [1.165, 1.54) is 0 Å². The molecule has 0 heterocycles. The summed E-state index contributed by atoms with van der Waals surface area (Å²) in [4.78, 5) is 11.0. The van der Waals surface area contributed by atoms with Crippen LogP contribution in [0.2, 0.25) is 5.02 Å². The molecule has 0 amide bonds. The van der Waals surface area contributed by atoms with Gasteiger partial charge in [0.15, 0.2) is 5.78 Å². The van der Waals surface area contributed by atoms with E-state index >= 15 is 0 Å². The van der Waals surface area contributed by atoms with Crippen LogP contribution in [-0.4, -0.2) is 11.7 Å². The molecule has 0 aromatic heterocycles. The summed E-state index contributed by atoms with van der Waals surface area (Å²) in [5.41, 5.74) is -1.84. The molecular weight excluding hydrogens is 271 g/mol. The topological polar surface area (TPSA) is 17.1 Å². The third-order valence-electron chi connectivity index (χ3n) is 1.78. The Kier molecular flexibility index (Phi) is 3.80. The van der Waals surface area contributed by atoms with Crippen molar-refractivity contribution in [3.05, 3.63) is 34.1 Å². The second kappa shape index (κ2) is 4.59. The van der Waals surface area contributed by atoms with Gasteiger partial charge in [-0.3, -0.25) is 4.79 Å². The van der Waals surface area contributed by atoms with Gasteiger partial charge in [0.1, 0.15) is 5.82 Å². The lowest BCUT2D eigenvalue weighted by Gasteiger charge is -2.10. The van der Waals surface area contributed by atoms with Crippen molar-refractivity contribution in [3.63, 3.8) is 0 Å². The minimum Gasteiger partial charge on any atom is -0.293 e. The summed E-state index contributed by atoms with van der Waals surface area (Å²) >= 11 is 10.3. The molecule has 16 heavy (non-hydrogen) atoms. The monoisotopic (exact) mass is 274 g/mol. The zero-order valence-corrected chi connectivity index (χ0v) is 9.05. The van der Waals surface area contributed by atoms with Gasteiger partial charge in [0.05, 0.1) is 16.5 Å². The lowest BCUT2D eigenvalue weighted by molar-refractivity contribution is -0.137. The Bertz CT molecular complexity index is 428. The van der Waals surface area contributed by atoms with Crippen molar-refractivity contribution in [2.24, 2.45) is 0 Å². The number of hydrogen-bond acceptors (Lipinski definition) is 1. The van der Waals surface area contributed by atoms with E-state index in [-0.39, 0.29) is 0 Å². The quantitative estimate of drug-likeness (QED) is 0.454. The van der Waals surface area contributed by atoms with Crippen molar-refractivity contribution in [2.45, 2.75) is 6.18 Å². The summed E-state index contributed by atoms with van der Waals surface area (Å²) in [6.07, 6.45) is -4.82. The number of halogens is 6. The molecule has 0 atom stereocenters. The Morgan fingerprint density at radius 1 is 1.31 bits per heavy atom. The van der Waals surface area contributed by atoms with E-state index in [0.29, 0.717) is 12.1 Å².